The first kappa shape index (κ1) is 16.4. The van der Waals surface area contributed by atoms with E-state index in [-0.39, 0.29) is 11.9 Å². The van der Waals surface area contributed by atoms with Crippen molar-refractivity contribution in [2.75, 3.05) is 13.6 Å². The maximum atomic E-state index is 14.0. The molecule has 2 aromatic rings. The van der Waals surface area contributed by atoms with E-state index in [0.29, 0.717) is 23.7 Å². The zero-order valence-electron chi connectivity index (χ0n) is 11.7. The number of nitrogens with two attached hydrogens (primary N) is 1. The highest BCUT2D eigenvalue weighted by atomic mass is 79.9. The van der Waals surface area contributed by atoms with Crippen molar-refractivity contribution in [3.05, 3.63) is 68.9 Å². The summed E-state index contributed by atoms with van der Waals surface area (Å²) in [6.45, 7) is 0.985. The lowest BCUT2D eigenvalue weighted by molar-refractivity contribution is 0.236. The Morgan fingerprint density at radius 2 is 2.05 bits per heavy atom. The van der Waals surface area contributed by atoms with Crippen LogP contribution in [0.15, 0.2) is 46.9 Å². The Morgan fingerprint density at radius 3 is 2.71 bits per heavy atom. The van der Waals surface area contributed by atoms with Gasteiger partial charge in [0.1, 0.15) is 5.82 Å². The van der Waals surface area contributed by atoms with Gasteiger partial charge in [0.15, 0.2) is 0 Å². The third kappa shape index (κ3) is 4.27. The number of benzene rings is 2. The third-order valence-corrected chi connectivity index (χ3v) is 4.12. The van der Waals surface area contributed by atoms with E-state index >= 15 is 0 Å². The fourth-order valence-corrected chi connectivity index (χ4v) is 2.94. The van der Waals surface area contributed by atoms with Gasteiger partial charge in [-0.1, -0.05) is 39.7 Å². The molecule has 0 aliphatic rings. The van der Waals surface area contributed by atoms with Gasteiger partial charge in [-0.3, -0.25) is 4.90 Å². The van der Waals surface area contributed by atoms with Crippen LogP contribution in [0.4, 0.5) is 4.39 Å². The molecule has 0 aromatic heterocycles. The third-order valence-electron chi connectivity index (χ3n) is 3.39. The normalized spacial score (nSPS) is 12.7. The van der Waals surface area contributed by atoms with Crippen molar-refractivity contribution >= 4 is 27.5 Å². The summed E-state index contributed by atoms with van der Waals surface area (Å²) in [5.74, 6) is -0.244. The van der Waals surface area contributed by atoms with Crippen LogP contribution in [-0.2, 0) is 6.54 Å². The summed E-state index contributed by atoms with van der Waals surface area (Å²) in [6, 6.07) is 12.4. The van der Waals surface area contributed by atoms with E-state index in [1.807, 2.05) is 36.2 Å². The van der Waals surface area contributed by atoms with E-state index < -0.39 is 0 Å². The Morgan fingerprint density at radius 1 is 1.29 bits per heavy atom. The van der Waals surface area contributed by atoms with Crippen LogP contribution in [0, 0.1) is 5.82 Å². The van der Waals surface area contributed by atoms with Crippen LogP contribution < -0.4 is 5.73 Å². The molecule has 2 aromatic carbocycles. The van der Waals surface area contributed by atoms with E-state index in [4.69, 9.17) is 17.3 Å². The summed E-state index contributed by atoms with van der Waals surface area (Å²) < 4.78 is 14.9. The minimum Gasteiger partial charge on any atom is -0.329 e. The summed E-state index contributed by atoms with van der Waals surface area (Å²) in [4.78, 5) is 2.02. The van der Waals surface area contributed by atoms with Gasteiger partial charge in [-0.2, -0.15) is 0 Å². The monoisotopic (exact) mass is 370 g/mol. The van der Waals surface area contributed by atoms with Crippen LogP contribution in [0.3, 0.4) is 0 Å². The molecular formula is C16H17BrClFN2. The van der Waals surface area contributed by atoms with Gasteiger partial charge in [-0.25, -0.2) is 4.39 Å². The standard InChI is InChI=1S/C16H17BrClFN2/c1-21(10-11-3-2-4-13(18)7-11)16(9-20)14-8-12(17)5-6-15(14)19/h2-8,16H,9-10,20H2,1H3. The second-order valence-corrected chi connectivity index (χ2v) is 6.31. The number of likely N-dealkylation sites (N-methyl/N-ethyl adjacent to an activating group) is 1. The molecule has 0 bridgehead atoms. The molecule has 5 heteroatoms. The van der Waals surface area contributed by atoms with Gasteiger partial charge in [0.25, 0.3) is 0 Å². The smallest absolute Gasteiger partial charge is 0.128 e. The predicted molar refractivity (Wildman–Crippen MR) is 88.8 cm³/mol. The van der Waals surface area contributed by atoms with Crippen LogP contribution in [0.25, 0.3) is 0 Å². The van der Waals surface area contributed by atoms with Gasteiger partial charge in [-0.05, 0) is 42.9 Å². The van der Waals surface area contributed by atoms with Crippen molar-refractivity contribution in [1.29, 1.82) is 0 Å². The van der Waals surface area contributed by atoms with Gasteiger partial charge in [-0.15, -0.1) is 0 Å². The Balaban J connectivity index is 2.22. The first-order chi connectivity index (χ1) is 10.0. The molecule has 2 N–H and O–H groups in total. The minimum absolute atomic E-state index is 0.193. The Labute approximate surface area is 137 Å². The maximum absolute atomic E-state index is 14.0. The zero-order valence-corrected chi connectivity index (χ0v) is 14.0. The topological polar surface area (TPSA) is 29.3 Å². The average molecular weight is 372 g/mol. The highest BCUT2D eigenvalue weighted by Gasteiger charge is 2.19. The molecule has 0 spiro atoms. The molecule has 0 fully saturated rings. The highest BCUT2D eigenvalue weighted by molar-refractivity contribution is 9.10. The molecule has 0 saturated carbocycles. The molecule has 1 unspecified atom stereocenters. The molecule has 2 rings (SSSR count). The summed E-state index contributed by atoms with van der Waals surface area (Å²) in [5.41, 5.74) is 7.52. The molecule has 1 atom stereocenters. The van der Waals surface area contributed by atoms with Crippen LogP contribution in [0.2, 0.25) is 5.02 Å². The maximum Gasteiger partial charge on any atom is 0.128 e. The number of halogens is 3. The second-order valence-electron chi connectivity index (χ2n) is 4.96. The summed E-state index contributed by atoms with van der Waals surface area (Å²) >= 11 is 9.37. The number of rotatable bonds is 5. The quantitative estimate of drug-likeness (QED) is 0.845. The van der Waals surface area contributed by atoms with Crippen molar-refractivity contribution in [3.8, 4) is 0 Å². The van der Waals surface area contributed by atoms with Crippen molar-refractivity contribution in [2.24, 2.45) is 5.73 Å². The van der Waals surface area contributed by atoms with Crippen LogP contribution in [0.1, 0.15) is 17.2 Å². The first-order valence-electron chi connectivity index (χ1n) is 6.61. The van der Waals surface area contributed by atoms with E-state index in [2.05, 4.69) is 15.9 Å². The van der Waals surface area contributed by atoms with Crippen LogP contribution in [-0.4, -0.2) is 18.5 Å². The predicted octanol–water partition coefficient (Wildman–Crippen LogP) is 4.37. The van der Waals surface area contributed by atoms with Gasteiger partial charge in [0.2, 0.25) is 0 Å². The van der Waals surface area contributed by atoms with Gasteiger partial charge in [0.05, 0.1) is 0 Å². The molecule has 0 radical (unpaired) electrons. The van der Waals surface area contributed by atoms with E-state index in [1.165, 1.54) is 6.07 Å². The minimum atomic E-state index is -0.244. The molecular weight excluding hydrogens is 355 g/mol. The Kier molecular flexibility index (Phi) is 5.76. The van der Waals surface area contributed by atoms with Crippen molar-refractivity contribution in [1.82, 2.24) is 4.90 Å². The highest BCUT2D eigenvalue weighted by Crippen LogP contribution is 2.26. The molecule has 2 nitrogen and oxygen atoms in total. The zero-order chi connectivity index (χ0) is 15.4. The largest absolute Gasteiger partial charge is 0.329 e. The lowest BCUT2D eigenvalue weighted by Crippen LogP contribution is -2.30. The summed E-state index contributed by atoms with van der Waals surface area (Å²) in [7, 11) is 1.93. The number of hydrogen-bond donors (Lipinski definition) is 1. The molecule has 0 saturated heterocycles. The second kappa shape index (κ2) is 7.36. The Hall–Kier alpha value is -0.940. The molecule has 0 amide bonds. The van der Waals surface area contributed by atoms with E-state index in [0.717, 1.165) is 10.0 Å². The van der Waals surface area contributed by atoms with Crippen molar-refractivity contribution < 1.29 is 4.39 Å². The SMILES string of the molecule is CN(Cc1cccc(Cl)c1)C(CN)c1cc(Br)ccc1F. The van der Waals surface area contributed by atoms with E-state index in [9.17, 15) is 4.39 Å². The lowest BCUT2D eigenvalue weighted by atomic mass is 10.0. The van der Waals surface area contributed by atoms with Crippen molar-refractivity contribution in [3.63, 3.8) is 0 Å². The van der Waals surface area contributed by atoms with Gasteiger partial charge >= 0.3 is 0 Å². The fraction of sp³-hybridized carbons (Fsp3) is 0.250. The van der Waals surface area contributed by atoms with Crippen LogP contribution >= 0.6 is 27.5 Å². The first-order valence-corrected chi connectivity index (χ1v) is 7.78. The molecule has 0 heterocycles. The van der Waals surface area contributed by atoms with Crippen LogP contribution in [0.5, 0.6) is 0 Å². The summed E-state index contributed by atoms with van der Waals surface area (Å²) in [5, 5.41) is 0.693. The molecule has 112 valence electrons. The van der Waals surface area contributed by atoms with Gasteiger partial charge < -0.3 is 5.73 Å². The summed E-state index contributed by atoms with van der Waals surface area (Å²) in [6.07, 6.45) is 0. The Bertz CT molecular complexity index is 621. The fourth-order valence-electron chi connectivity index (χ4n) is 2.35. The average Bonchev–Trinajstić information content (AvgIpc) is 2.43. The molecule has 21 heavy (non-hydrogen) atoms. The van der Waals surface area contributed by atoms with E-state index in [1.54, 1.807) is 12.1 Å². The number of nitrogens with zero attached hydrogens (tertiary/aromatic N) is 1. The molecule has 0 aliphatic heterocycles. The van der Waals surface area contributed by atoms with Crippen molar-refractivity contribution in [2.45, 2.75) is 12.6 Å². The molecule has 0 aliphatic carbocycles. The van der Waals surface area contributed by atoms with Gasteiger partial charge in [0, 0.05) is 34.2 Å². The lowest BCUT2D eigenvalue weighted by Gasteiger charge is -2.28. The number of hydrogen-bond acceptors (Lipinski definition) is 2.